The maximum absolute atomic E-state index is 12.4. The Labute approximate surface area is 171 Å². The highest BCUT2D eigenvalue weighted by atomic mass is 32.1. The smallest absolute Gasteiger partial charge is 0.323 e. The van der Waals surface area contributed by atoms with Gasteiger partial charge in [0.05, 0.1) is 26.0 Å². The number of ether oxygens (including phenoxy) is 3. The van der Waals surface area contributed by atoms with Crippen LogP contribution in [0.3, 0.4) is 0 Å². The molecule has 0 atom stereocenters. The van der Waals surface area contributed by atoms with Gasteiger partial charge >= 0.3 is 6.03 Å². The fourth-order valence-electron chi connectivity index (χ4n) is 2.64. The largest absolute Gasteiger partial charge is 0.494 e. The van der Waals surface area contributed by atoms with E-state index in [1.165, 1.54) is 39.6 Å². The van der Waals surface area contributed by atoms with Crippen LogP contribution in [0, 0.1) is 0 Å². The third-order valence-electron chi connectivity index (χ3n) is 3.86. The van der Waals surface area contributed by atoms with Crippen molar-refractivity contribution in [3.63, 3.8) is 0 Å². The number of aromatic nitrogens is 1. The van der Waals surface area contributed by atoms with E-state index in [1.807, 2.05) is 0 Å². The molecule has 1 heterocycles. The van der Waals surface area contributed by atoms with Gasteiger partial charge in [-0.2, -0.15) is 0 Å². The normalized spacial score (nSPS) is 10.3. The molecule has 2 aromatic carbocycles. The zero-order valence-corrected chi connectivity index (χ0v) is 17.1. The van der Waals surface area contributed by atoms with Crippen LogP contribution in [-0.2, 0) is 4.79 Å². The summed E-state index contributed by atoms with van der Waals surface area (Å²) in [6.07, 6.45) is 0. The molecule has 10 heteroatoms. The molecule has 3 rings (SSSR count). The van der Waals surface area contributed by atoms with Gasteiger partial charge in [0, 0.05) is 30.4 Å². The van der Waals surface area contributed by atoms with E-state index in [9.17, 15) is 9.59 Å². The van der Waals surface area contributed by atoms with Gasteiger partial charge in [0.25, 0.3) is 0 Å². The van der Waals surface area contributed by atoms with Gasteiger partial charge in [-0.15, -0.1) is 0 Å². The van der Waals surface area contributed by atoms with Gasteiger partial charge in [-0.3, -0.25) is 4.79 Å². The van der Waals surface area contributed by atoms with Crippen LogP contribution in [0.15, 0.2) is 30.3 Å². The number of anilines is 3. The van der Waals surface area contributed by atoms with Gasteiger partial charge in [-0.1, -0.05) is 11.3 Å². The Morgan fingerprint density at radius 3 is 2.17 bits per heavy atom. The lowest BCUT2D eigenvalue weighted by molar-refractivity contribution is -0.114. The second kappa shape index (κ2) is 8.65. The molecule has 0 aliphatic carbocycles. The van der Waals surface area contributed by atoms with E-state index >= 15 is 0 Å². The molecule has 0 aliphatic heterocycles. The highest BCUT2D eigenvalue weighted by molar-refractivity contribution is 7.22. The zero-order chi connectivity index (χ0) is 21.0. The molecule has 3 N–H and O–H groups in total. The van der Waals surface area contributed by atoms with Crippen molar-refractivity contribution in [2.75, 3.05) is 37.3 Å². The summed E-state index contributed by atoms with van der Waals surface area (Å²) in [5.74, 6) is 1.34. The number of nitrogens with zero attached hydrogens (tertiary/aromatic N) is 1. The van der Waals surface area contributed by atoms with Gasteiger partial charge in [0.1, 0.15) is 11.3 Å². The van der Waals surface area contributed by atoms with Crippen LogP contribution < -0.4 is 30.2 Å². The number of rotatable bonds is 6. The van der Waals surface area contributed by atoms with Crippen molar-refractivity contribution >= 4 is 50.0 Å². The molecule has 9 nitrogen and oxygen atoms in total. The van der Waals surface area contributed by atoms with Crippen LogP contribution in [0.1, 0.15) is 6.92 Å². The van der Waals surface area contributed by atoms with Gasteiger partial charge in [0.2, 0.25) is 5.91 Å². The minimum absolute atomic E-state index is 0.212. The highest BCUT2D eigenvalue weighted by Crippen LogP contribution is 2.35. The Kier molecular flexibility index (Phi) is 6.03. The molecule has 29 heavy (non-hydrogen) atoms. The summed E-state index contributed by atoms with van der Waals surface area (Å²) in [7, 11) is 4.57. The predicted molar refractivity (Wildman–Crippen MR) is 113 cm³/mol. The van der Waals surface area contributed by atoms with E-state index in [0.29, 0.717) is 39.3 Å². The van der Waals surface area contributed by atoms with Gasteiger partial charge < -0.3 is 30.2 Å². The number of hydrogen-bond acceptors (Lipinski definition) is 7. The zero-order valence-electron chi connectivity index (χ0n) is 16.3. The lowest BCUT2D eigenvalue weighted by Crippen LogP contribution is -2.19. The first-order valence-corrected chi connectivity index (χ1v) is 9.31. The summed E-state index contributed by atoms with van der Waals surface area (Å²) in [5.41, 5.74) is 1.66. The minimum Gasteiger partial charge on any atom is -0.494 e. The van der Waals surface area contributed by atoms with Crippen LogP contribution in [0.5, 0.6) is 17.2 Å². The van der Waals surface area contributed by atoms with Crippen molar-refractivity contribution in [3.05, 3.63) is 30.3 Å². The van der Waals surface area contributed by atoms with Crippen molar-refractivity contribution in [2.24, 2.45) is 0 Å². The number of hydrogen-bond donors (Lipinski definition) is 3. The Morgan fingerprint density at radius 2 is 1.52 bits per heavy atom. The molecule has 3 amide bonds. The Bertz CT molecular complexity index is 1070. The molecular formula is C19H20N4O5S. The lowest BCUT2D eigenvalue weighted by atomic mass is 10.2. The molecule has 0 saturated heterocycles. The first kappa shape index (κ1) is 20.2. The lowest BCUT2D eigenvalue weighted by Gasteiger charge is -2.12. The summed E-state index contributed by atoms with van der Waals surface area (Å²) in [6.45, 7) is 1.41. The molecule has 152 valence electrons. The maximum Gasteiger partial charge on any atom is 0.323 e. The molecular weight excluding hydrogens is 396 g/mol. The molecule has 0 saturated carbocycles. The first-order valence-electron chi connectivity index (χ1n) is 8.49. The number of fused-ring (bicyclic) bond motifs is 1. The van der Waals surface area contributed by atoms with E-state index in [4.69, 9.17) is 14.2 Å². The number of thiazole rings is 1. The van der Waals surface area contributed by atoms with Crippen molar-refractivity contribution in [1.29, 1.82) is 0 Å². The van der Waals surface area contributed by atoms with Crippen molar-refractivity contribution < 1.29 is 23.8 Å². The summed E-state index contributed by atoms with van der Waals surface area (Å²) < 4.78 is 16.6. The topological polar surface area (TPSA) is 111 Å². The standard InChI is InChI=1S/C19H20N4O5S/c1-10(24)20-19-23-17-15(28-4)8-12(9-16(17)29-19)22-18(25)21-11-5-6-13(26-2)14(7-11)27-3/h5-9H,1-4H3,(H,20,23,24)(H2,21,22,25). The average Bonchev–Trinajstić information content (AvgIpc) is 3.08. The van der Waals surface area contributed by atoms with Gasteiger partial charge in [-0.25, -0.2) is 9.78 Å². The van der Waals surface area contributed by atoms with Crippen LogP contribution in [0.2, 0.25) is 0 Å². The second-order valence-electron chi connectivity index (χ2n) is 5.87. The monoisotopic (exact) mass is 416 g/mol. The Balaban J connectivity index is 1.80. The highest BCUT2D eigenvalue weighted by Gasteiger charge is 2.14. The molecule has 0 aliphatic rings. The van der Waals surface area contributed by atoms with Gasteiger partial charge in [0.15, 0.2) is 16.6 Å². The number of urea groups is 1. The third kappa shape index (κ3) is 4.66. The predicted octanol–water partition coefficient (Wildman–Crippen LogP) is 3.92. The van der Waals surface area contributed by atoms with Crippen LogP contribution in [0.25, 0.3) is 10.2 Å². The van der Waals surface area contributed by atoms with Crippen LogP contribution in [0.4, 0.5) is 21.3 Å². The summed E-state index contributed by atoms with van der Waals surface area (Å²) in [4.78, 5) is 28.0. The number of benzene rings is 2. The van der Waals surface area contributed by atoms with E-state index in [1.54, 1.807) is 30.3 Å². The van der Waals surface area contributed by atoms with Crippen molar-refractivity contribution in [3.8, 4) is 17.2 Å². The molecule has 0 radical (unpaired) electrons. The molecule has 0 bridgehead atoms. The summed E-state index contributed by atoms with van der Waals surface area (Å²) in [5, 5.41) is 8.61. The van der Waals surface area contributed by atoms with Crippen molar-refractivity contribution in [2.45, 2.75) is 6.92 Å². The maximum atomic E-state index is 12.4. The van der Waals surface area contributed by atoms with E-state index in [0.717, 1.165) is 4.70 Å². The number of carbonyl (C=O) groups excluding carboxylic acids is 2. The average molecular weight is 416 g/mol. The summed E-state index contributed by atoms with van der Waals surface area (Å²) in [6, 6.07) is 8.04. The Morgan fingerprint density at radius 1 is 0.862 bits per heavy atom. The van der Waals surface area contributed by atoms with Crippen molar-refractivity contribution in [1.82, 2.24) is 4.98 Å². The molecule has 1 aromatic heterocycles. The Hall–Kier alpha value is -3.53. The van der Waals surface area contributed by atoms with E-state index in [2.05, 4.69) is 20.9 Å². The number of amides is 3. The summed E-state index contributed by atoms with van der Waals surface area (Å²) >= 11 is 1.28. The van der Waals surface area contributed by atoms with Crippen LogP contribution >= 0.6 is 11.3 Å². The first-order chi connectivity index (χ1) is 13.9. The van der Waals surface area contributed by atoms with Gasteiger partial charge in [-0.05, 0) is 18.2 Å². The fraction of sp³-hybridized carbons (Fsp3) is 0.211. The molecule has 3 aromatic rings. The third-order valence-corrected chi connectivity index (χ3v) is 4.78. The number of methoxy groups -OCH3 is 3. The molecule has 0 spiro atoms. The quantitative estimate of drug-likeness (QED) is 0.562. The minimum atomic E-state index is -0.440. The number of nitrogens with one attached hydrogen (secondary N) is 3. The number of carbonyl (C=O) groups is 2. The molecule has 0 fully saturated rings. The molecule has 0 unspecified atom stereocenters. The van der Waals surface area contributed by atoms with E-state index in [-0.39, 0.29) is 5.91 Å². The SMILES string of the molecule is COc1ccc(NC(=O)Nc2cc(OC)c3nc(NC(C)=O)sc3c2)cc1OC. The van der Waals surface area contributed by atoms with Crippen LogP contribution in [-0.4, -0.2) is 38.3 Å². The second-order valence-corrected chi connectivity index (χ2v) is 6.90. The fourth-order valence-corrected chi connectivity index (χ4v) is 3.61. The van der Waals surface area contributed by atoms with E-state index < -0.39 is 6.03 Å².